The second-order valence-corrected chi connectivity index (χ2v) is 1.73. The molecule has 0 spiro atoms. The molecule has 9 heavy (non-hydrogen) atoms. The quantitative estimate of drug-likeness (QED) is 0.406. The molecule has 0 heterocycles. The van der Waals surface area contributed by atoms with E-state index in [4.69, 9.17) is 5.26 Å². The molecule has 0 unspecified atom stereocenters. The highest BCUT2D eigenvalue weighted by Crippen LogP contribution is 2.01. The molecule has 0 aromatic carbocycles. The Balaban J connectivity index is 4.10. The van der Waals surface area contributed by atoms with Gasteiger partial charge in [-0.1, -0.05) is 13.8 Å². The fraction of sp³-hybridized carbons (Fsp3) is 0.500. The van der Waals surface area contributed by atoms with Crippen LogP contribution in [-0.2, 0) is 0 Å². The van der Waals surface area contributed by atoms with E-state index in [2.05, 4.69) is 19.6 Å². The lowest BCUT2D eigenvalue weighted by atomic mass is 10.2. The molecule has 48 valence electrons. The minimum Gasteiger partial charge on any atom is -0.192 e. The van der Waals surface area contributed by atoms with Crippen molar-refractivity contribution in [1.82, 2.24) is 0 Å². The van der Waals surface area contributed by atoms with E-state index in [1.54, 1.807) is 0 Å². The Morgan fingerprint density at radius 1 is 1.44 bits per heavy atom. The molecule has 0 N–H and O–H groups in total. The minimum atomic E-state index is 0.995. The zero-order chi connectivity index (χ0) is 7.11. The van der Waals surface area contributed by atoms with Gasteiger partial charge >= 0.3 is 0 Å². The smallest absolute Gasteiger partial charge is 0.0996 e. The van der Waals surface area contributed by atoms with Gasteiger partial charge in [0.05, 0.1) is 12.1 Å². The van der Waals surface area contributed by atoms with E-state index in [9.17, 15) is 0 Å². The Morgan fingerprint density at radius 2 is 2.00 bits per heavy atom. The van der Waals surface area contributed by atoms with E-state index in [1.165, 1.54) is 11.6 Å². The van der Waals surface area contributed by atoms with Gasteiger partial charge in [0.2, 0.25) is 0 Å². The summed E-state index contributed by atoms with van der Waals surface area (Å²) in [5.41, 5.74) is 4.10. The standard InChI is InChI=1S/C8H11N/c1-3-8(4-2)6-5-7-9/h5H,3-4H2,1-2H3. The predicted octanol–water partition coefficient (Wildman–Crippen LogP) is 2.41. The first-order valence-electron chi connectivity index (χ1n) is 3.17. The van der Waals surface area contributed by atoms with E-state index < -0.39 is 0 Å². The Kier molecular flexibility index (Phi) is 4.59. The van der Waals surface area contributed by atoms with Crippen LogP contribution in [0.25, 0.3) is 0 Å². The lowest BCUT2D eigenvalue weighted by Crippen LogP contribution is -1.71. The lowest BCUT2D eigenvalue weighted by molar-refractivity contribution is 0.982. The van der Waals surface area contributed by atoms with E-state index in [0.29, 0.717) is 0 Å². The van der Waals surface area contributed by atoms with Gasteiger partial charge in [-0.15, -0.1) is 5.73 Å². The third-order valence-corrected chi connectivity index (χ3v) is 1.19. The van der Waals surface area contributed by atoms with Crippen molar-refractivity contribution in [2.75, 3.05) is 0 Å². The highest BCUT2D eigenvalue weighted by molar-refractivity contribution is 5.08. The number of rotatable bonds is 2. The van der Waals surface area contributed by atoms with Crippen LogP contribution in [0.4, 0.5) is 0 Å². The Morgan fingerprint density at radius 3 is 2.33 bits per heavy atom. The van der Waals surface area contributed by atoms with Crippen molar-refractivity contribution in [2.24, 2.45) is 0 Å². The molecule has 0 aliphatic rings. The molecular formula is C8H11N. The van der Waals surface area contributed by atoms with Gasteiger partial charge in [0.15, 0.2) is 0 Å². The molecule has 0 radical (unpaired) electrons. The van der Waals surface area contributed by atoms with E-state index in [1.807, 2.05) is 6.07 Å². The molecule has 1 nitrogen and oxygen atoms in total. The van der Waals surface area contributed by atoms with Crippen LogP contribution in [-0.4, -0.2) is 0 Å². The van der Waals surface area contributed by atoms with E-state index >= 15 is 0 Å². The molecule has 0 aliphatic heterocycles. The largest absolute Gasteiger partial charge is 0.192 e. The van der Waals surface area contributed by atoms with Gasteiger partial charge in [-0.25, -0.2) is 0 Å². The van der Waals surface area contributed by atoms with Gasteiger partial charge in [-0.2, -0.15) is 5.26 Å². The predicted molar refractivity (Wildman–Crippen MR) is 37.8 cm³/mol. The van der Waals surface area contributed by atoms with Crippen LogP contribution in [0.5, 0.6) is 0 Å². The van der Waals surface area contributed by atoms with Crippen LogP contribution in [0.2, 0.25) is 0 Å². The maximum absolute atomic E-state index is 8.12. The summed E-state index contributed by atoms with van der Waals surface area (Å²) in [5.74, 6) is 0. The van der Waals surface area contributed by atoms with Crippen LogP contribution < -0.4 is 0 Å². The lowest BCUT2D eigenvalue weighted by Gasteiger charge is -1.89. The van der Waals surface area contributed by atoms with Crippen molar-refractivity contribution in [3.63, 3.8) is 0 Å². The zero-order valence-electron chi connectivity index (χ0n) is 5.94. The molecule has 0 fully saturated rings. The zero-order valence-corrected chi connectivity index (χ0v) is 5.94. The van der Waals surface area contributed by atoms with Crippen molar-refractivity contribution in [3.05, 3.63) is 17.4 Å². The van der Waals surface area contributed by atoms with Crippen molar-refractivity contribution < 1.29 is 0 Å². The second-order valence-electron chi connectivity index (χ2n) is 1.73. The van der Waals surface area contributed by atoms with Gasteiger partial charge < -0.3 is 0 Å². The number of nitriles is 1. The highest BCUT2D eigenvalue weighted by atomic mass is 14.2. The molecule has 0 saturated carbocycles. The fourth-order valence-corrected chi connectivity index (χ4v) is 0.588. The Hall–Kier alpha value is -0.990. The van der Waals surface area contributed by atoms with Gasteiger partial charge in [0, 0.05) is 0 Å². The summed E-state index contributed by atoms with van der Waals surface area (Å²) < 4.78 is 0. The molecule has 0 bridgehead atoms. The highest BCUT2D eigenvalue weighted by Gasteiger charge is 1.83. The van der Waals surface area contributed by atoms with Gasteiger partial charge in [-0.3, -0.25) is 0 Å². The summed E-state index contributed by atoms with van der Waals surface area (Å²) >= 11 is 0. The molecule has 0 aliphatic carbocycles. The summed E-state index contributed by atoms with van der Waals surface area (Å²) in [6.07, 6.45) is 3.39. The maximum atomic E-state index is 8.12. The third-order valence-electron chi connectivity index (χ3n) is 1.19. The Bertz CT molecular complexity index is 159. The SMILES string of the molecule is CCC(=C=CC#N)CC. The van der Waals surface area contributed by atoms with Crippen LogP contribution >= 0.6 is 0 Å². The number of hydrogen-bond donors (Lipinski definition) is 0. The normalized spacial score (nSPS) is 7.22. The second kappa shape index (κ2) is 5.15. The number of nitrogens with zero attached hydrogens (tertiary/aromatic N) is 1. The van der Waals surface area contributed by atoms with Gasteiger partial charge in [0.1, 0.15) is 0 Å². The number of hydrogen-bond acceptors (Lipinski definition) is 1. The molecule has 0 rings (SSSR count). The van der Waals surface area contributed by atoms with Crippen molar-refractivity contribution in [1.29, 1.82) is 5.26 Å². The third kappa shape index (κ3) is 3.58. The summed E-state index contributed by atoms with van der Waals surface area (Å²) in [7, 11) is 0. The van der Waals surface area contributed by atoms with Crippen LogP contribution in [0, 0.1) is 11.3 Å². The van der Waals surface area contributed by atoms with Gasteiger partial charge in [-0.05, 0) is 18.4 Å². The van der Waals surface area contributed by atoms with Gasteiger partial charge in [0.25, 0.3) is 0 Å². The average molecular weight is 121 g/mol. The molecule has 0 atom stereocenters. The topological polar surface area (TPSA) is 23.8 Å². The monoisotopic (exact) mass is 121 g/mol. The molecular weight excluding hydrogens is 110 g/mol. The first kappa shape index (κ1) is 8.01. The van der Waals surface area contributed by atoms with Crippen molar-refractivity contribution in [2.45, 2.75) is 26.7 Å². The van der Waals surface area contributed by atoms with Crippen molar-refractivity contribution in [3.8, 4) is 6.07 Å². The van der Waals surface area contributed by atoms with E-state index in [-0.39, 0.29) is 0 Å². The van der Waals surface area contributed by atoms with E-state index in [0.717, 1.165) is 12.8 Å². The molecule has 0 aromatic heterocycles. The van der Waals surface area contributed by atoms with Crippen LogP contribution in [0.1, 0.15) is 26.7 Å². The molecule has 1 heteroatoms. The molecule has 0 saturated heterocycles. The summed E-state index contributed by atoms with van der Waals surface area (Å²) in [5, 5.41) is 8.12. The first-order chi connectivity index (χ1) is 4.35. The van der Waals surface area contributed by atoms with Crippen LogP contribution in [0.15, 0.2) is 17.4 Å². The first-order valence-corrected chi connectivity index (χ1v) is 3.17. The molecule has 0 amide bonds. The summed E-state index contributed by atoms with van der Waals surface area (Å²) in [6, 6.07) is 1.91. The maximum Gasteiger partial charge on any atom is 0.0996 e. The number of allylic oxidation sites excluding steroid dienone is 1. The van der Waals surface area contributed by atoms with Crippen molar-refractivity contribution >= 4 is 0 Å². The minimum absolute atomic E-state index is 0.995. The summed E-state index contributed by atoms with van der Waals surface area (Å²) in [4.78, 5) is 0. The summed E-state index contributed by atoms with van der Waals surface area (Å²) in [6.45, 7) is 4.13. The Labute approximate surface area is 56.3 Å². The average Bonchev–Trinajstić information content (AvgIpc) is 1.91. The fourth-order valence-electron chi connectivity index (χ4n) is 0.588. The van der Waals surface area contributed by atoms with Crippen LogP contribution in [0.3, 0.4) is 0 Å². The molecule has 0 aromatic rings.